The molecule has 2 rings (SSSR count). The first-order valence-electron chi connectivity index (χ1n) is 5.11. The third-order valence-electron chi connectivity index (χ3n) is 2.62. The Balaban J connectivity index is 0.00000162. The van der Waals surface area contributed by atoms with Crippen molar-refractivity contribution in [2.75, 3.05) is 0 Å². The second kappa shape index (κ2) is 6.54. The van der Waals surface area contributed by atoms with Crippen molar-refractivity contribution in [3.8, 4) is 0 Å². The van der Waals surface area contributed by atoms with E-state index < -0.39 is 10.1 Å². The Morgan fingerprint density at radius 1 is 1.17 bits per heavy atom. The summed E-state index contributed by atoms with van der Waals surface area (Å²) in [6.07, 6.45) is 1.95. The van der Waals surface area contributed by atoms with Crippen LogP contribution in [0.3, 0.4) is 0 Å². The predicted molar refractivity (Wildman–Crippen MR) is 65.8 cm³/mol. The van der Waals surface area contributed by atoms with Crippen molar-refractivity contribution < 1.29 is 71.2 Å². The van der Waals surface area contributed by atoms with Crippen LogP contribution >= 0.6 is 0 Å². The molecule has 2 aromatic carbocycles. The molecule has 0 aromatic heterocycles. The average Bonchev–Trinajstić information content (AvgIpc) is 2.28. The van der Waals surface area contributed by atoms with Crippen LogP contribution in [0.2, 0.25) is 0 Å². The molecule has 0 saturated heterocycles. The second-order valence-corrected chi connectivity index (χ2v) is 5.06. The third-order valence-corrected chi connectivity index (χ3v) is 3.54. The Labute approximate surface area is 155 Å². The molecule has 0 aliphatic heterocycles. The summed E-state index contributed by atoms with van der Waals surface area (Å²) in [4.78, 5) is -0.156. The Morgan fingerprint density at radius 2 is 1.83 bits per heavy atom. The molecule has 0 fully saturated rings. The number of hydrogen-bond donors (Lipinski definition) is 0. The summed E-state index contributed by atoms with van der Waals surface area (Å²) in [6, 6.07) is 10.4. The molecular formula is C13H11O3RbS. The van der Waals surface area contributed by atoms with Gasteiger partial charge in [0, 0.05) is 0 Å². The van der Waals surface area contributed by atoms with Crippen molar-refractivity contribution in [3.63, 3.8) is 0 Å². The van der Waals surface area contributed by atoms with Crippen LogP contribution < -0.4 is 58.2 Å². The number of fused-ring (bicyclic) bond motifs is 1. The molecule has 2 aromatic rings. The van der Waals surface area contributed by atoms with Crippen LogP contribution in [0.15, 0.2) is 53.9 Å². The molecule has 0 spiro atoms. The van der Waals surface area contributed by atoms with Crippen LogP contribution in [0.1, 0.15) is 5.56 Å². The molecule has 0 amide bonds. The summed E-state index contributed by atoms with van der Waals surface area (Å²) < 4.78 is 33.5. The molecule has 18 heavy (non-hydrogen) atoms. The van der Waals surface area contributed by atoms with Crippen LogP contribution in [0.25, 0.3) is 10.8 Å². The summed E-state index contributed by atoms with van der Waals surface area (Å²) in [5.41, 5.74) is 0.521. The fourth-order valence-corrected chi connectivity index (χ4v) is 2.63. The molecule has 5 heteroatoms. The van der Waals surface area contributed by atoms with Gasteiger partial charge in [-0.15, -0.1) is 6.58 Å². The van der Waals surface area contributed by atoms with Gasteiger partial charge < -0.3 is 4.55 Å². The van der Waals surface area contributed by atoms with Gasteiger partial charge in [0.25, 0.3) is 0 Å². The fourth-order valence-electron chi connectivity index (χ4n) is 1.91. The van der Waals surface area contributed by atoms with E-state index >= 15 is 0 Å². The maximum absolute atomic E-state index is 11.2. The number of allylic oxidation sites excluding steroid dienone is 1. The molecule has 88 valence electrons. The van der Waals surface area contributed by atoms with E-state index in [-0.39, 0.29) is 63.1 Å². The first-order chi connectivity index (χ1) is 8.04. The fraction of sp³-hybridized carbons (Fsp3) is 0.0769. The molecule has 3 nitrogen and oxygen atoms in total. The van der Waals surface area contributed by atoms with Gasteiger partial charge in [-0.05, 0) is 28.8 Å². The van der Waals surface area contributed by atoms with Crippen LogP contribution in [-0.2, 0) is 16.5 Å². The summed E-state index contributed by atoms with van der Waals surface area (Å²) in [7, 11) is -4.44. The van der Waals surface area contributed by atoms with Crippen molar-refractivity contribution in [1.82, 2.24) is 0 Å². The van der Waals surface area contributed by atoms with E-state index in [9.17, 15) is 13.0 Å². The van der Waals surface area contributed by atoms with Gasteiger partial charge in [-0.25, -0.2) is 8.42 Å². The molecule has 0 unspecified atom stereocenters. The number of benzene rings is 2. The molecular weight excluding hydrogens is 322 g/mol. The van der Waals surface area contributed by atoms with E-state index in [1.165, 1.54) is 6.07 Å². The van der Waals surface area contributed by atoms with E-state index in [1.807, 2.05) is 24.3 Å². The molecule has 0 heterocycles. The van der Waals surface area contributed by atoms with E-state index in [1.54, 1.807) is 12.1 Å². The van der Waals surface area contributed by atoms with Gasteiger partial charge in [0.1, 0.15) is 10.1 Å². The van der Waals surface area contributed by atoms with Crippen molar-refractivity contribution >= 4 is 20.9 Å². The quantitative estimate of drug-likeness (QED) is 0.561. The zero-order chi connectivity index (χ0) is 12.5. The topological polar surface area (TPSA) is 57.2 Å². The predicted octanol–water partition coefficient (Wildman–Crippen LogP) is -0.524. The largest absolute Gasteiger partial charge is 1.00 e. The van der Waals surface area contributed by atoms with Gasteiger partial charge in [0.2, 0.25) is 0 Å². The van der Waals surface area contributed by atoms with Crippen molar-refractivity contribution in [3.05, 3.63) is 54.6 Å². The minimum Gasteiger partial charge on any atom is -0.744 e. The Kier molecular flexibility index (Phi) is 5.89. The third kappa shape index (κ3) is 3.38. The van der Waals surface area contributed by atoms with E-state index in [0.29, 0.717) is 12.0 Å². The first kappa shape index (κ1) is 16.2. The molecule has 0 aliphatic carbocycles. The smallest absolute Gasteiger partial charge is 0.744 e. The molecule has 0 bridgehead atoms. The van der Waals surface area contributed by atoms with Gasteiger partial charge in [-0.3, -0.25) is 0 Å². The number of hydrogen-bond acceptors (Lipinski definition) is 3. The Morgan fingerprint density at radius 3 is 2.44 bits per heavy atom. The van der Waals surface area contributed by atoms with Crippen LogP contribution in [-0.4, -0.2) is 13.0 Å². The summed E-state index contributed by atoms with van der Waals surface area (Å²) in [6.45, 7) is 3.59. The maximum Gasteiger partial charge on any atom is 1.00 e. The minimum absolute atomic E-state index is 0. The minimum atomic E-state index is -4.44. The Hall–Kier alpha value is 0.155. The van der Waals surface area contributed by atoms with E-state index in [0.717, 1.165) is 10.8 Å². The average molecular weight is 333 g/mol. The van der Waals surface area contributed by atoms with Gasteiger partial charge in [0.05, 0.1) is 4.90 Å². The zero-order valence-electron chi connectivity index (χ0n) is 10.1. The Bertz CT molecular complexity index is 678. The van der Waals surface area contributed by atoms with Gasteiger partial charge >= 0.3 is 58.2 Å². The molecule has 0 saturated carbocycles. The normalized spacial score (nSPS) is 10.9. The summed E-state index contributed by atoms with van der Waals surface area (Å²) in [5, 5.41) is 1.70. The van der Waals surface area contributed by atoms with E-state index in [4.69, 9.17) is 0 Å². The van der Waals surface area contributed by atoms with E-state index in [2.05, 4.69) is 6.58 Å². The first-order valence-corrected chi connectivity index (χ1v) is 6.52. The molecule has 0 aliphatic rings. The zero-order valence-corrected chi connectivity index (χ0v) is 15.8. The molecule has 0 radical (unpaired) electrons. The van der Waals surface area contributed by atoms with Crippen molar-refractivity contribution in [1.29, 1.82) is 0 Å². The van der Waals surface area contributed by atoms with Gasteiger partial charge in [-0.1, -0.05) is 36.4 Å². The van der Waals surface area contributed by atoms with Crippen LogP contribution in [0.4, 0.5) is 0 Å². The standard InChI is InChI=1S/C13H12O3S.Rb/c1-2-5-12-11-7-4-3-6-10(11)8-9-13(12)17(14,15)16;/h2-4,6-9H,1,5H2,(H,14,15,16);/q;+1/p-1. The van der Waals surface area contributed by atoms with Crippen LogP contribution in [0, 0.1) is 0 Å². The van der Waals surface area contributed by atoms with Crippen molar-refractivity contribution in [2.45, 2.75) is 11.3 Å². The summed E-state index contributed by atoms with van der Waals surface area (Å²) in [5.74, 6) is 0. The van der Waals surface area contributed by atoms with Gasteiger partial charge in [0.15, 0.2) is 0 Å². The second-order valence-electron chi connectivity index (χ2n) is 3.71. The van der Waals surface area contributed by atoms with Crippen molar-refractivity contribution in [2.24, 2.45) is 0 Å². The maximum atomic E-state index is 11.2. The SMILES string of the molecule is C=CCc1c(S(=O)(=O)[O-])ccc2ccccc12.[Rb+]. The summed E-state index contributed by atoms with van der Waals surface area (Å²) >= 11 is 0. The molecule has 0 N–H and O–H groups in total. The van der Waals surface area contributed by atoms with Gasteiger partial charge in [-0.2, -0.15) is 0 Å². The van der Waals surface area contributed by atoms with Crippen LogP contribution in [0.5, 0.6) is 0 Å². The number of rotatable bonds is 3. The monoisotopic (exact) mass is 332 g/mol. The molecule has 0 atom stereocenters.